The molecule has 0 aliphatic carbocycles. The first-order valence-electron chi connectivity index (χ1n) is 8.75. The number of hydrogen-bond donors (Lipinski definition) is 2. The first-order chi connectivity index (χ1) is 13.1. The van der Waals surface area contributed by atoms with Gasteiger partial charge in [0.1, 0.15) is 0 Å². The molecule has 2 N–H and O–H groups in total. The first-order valence-corrected chi connectivity index (χ1v) is 11.0. The number of methoxy groups -OCH3 is 1. The minimum Gasteiger partial charge on any atom is -0.383 e. The lowest BCUT2D eigenvalue weighted by Gasteiger charge is -2.24. The summed E-state index contributed by atoms with van der Waals surface area (Å²) in [5, 5.41) is 2.85. The van der Waals surface area contributed by atoms with E-state index in [4.69, 9.17) is 4.74 Å². The van der Waals surface area contributed by atoms with Crippen molar-refractivity contribution in [2.45, 2.75) is 37.1 Å². The fourth-order valence-electron chi connectivity index (χ4n) is 2.62. The third kappa shape index (κ3) is 5.64. The van der Waals surface area contributed by atoms with Crippen LogP contribution in [0.15, 0.2) is 57.9 Å². The number of halogens is 1. The van der Waals surface area contributed by atoms with E-state index in [9.17, 15) is 13.2 Å². The van der Waals surface area contributed by atoms with Crippen LogP contribution < -0.4 is 10.0 Å². The minimum absolute atomic E-state index is 0.126. The molecular weight excluding hydrogens is 444 g/mol. The van der Waals surface area contributed by atoms with Crippen molar-refractivity contribution in [3.63, 3.8) is 0 Å². The number of hydrogen-bond acceptors (Lipinski definition) is 4. The van der Waals surface area contributed by atoms with Gasteiger partial charge in [-0.2, -0.15) is 0 Å². The Morgan fingerprint density at radius 1 is 1.11 bits per heavy atom. The van der Waals surface area contributed by atoms with Gasteiger partial charge in [-0.25, -0.2) is 13.1 Å². The van der Waals surface area contributed by atoms with Gasteiger partial charge in [-0.15, -0.1) is 0 Å². The Kier molecular flexibility index (Phi) is 7.39. The smallest absolute Gasteiger partial charge is 0.240 e. The normalized spacial score (nSPS) is 13.2. The molecule has 0 fully saturated rings. The molecule has 0 saturated heterocycles. The SMILES string of the molecule is COCC(C)NS(=O)(=O)c1ccc(NC(=O)C(C)(C)c2ccc(Br)cc2)cc1. The van der Waals surface area contributed by atoms with Crippen LogP contribution >= 0.6 is 15.9 Å². The molecule has 0 saturated carbocycles. The standard InChI is InChI=1S/C20H25BrN2O4S/c1-14(13-27-4)23-28(25,26)18-11-9-17(10-12-18)22-19(24)20(2,3)15-5-7-16(21)8-6-15/h5-12,14,23H,13H2,1-4H3,(H,22,24). The predicted molar refractivity (Wildman–Crippen MR) is 114 cm³/mol. The van der Waals surface area contributed by atoms with Crippen LogP contribution in [-0.4, -0.2) is 34.1 Å². The zero-order valence-corrected chi connectivity index (χ0v) is 18.7. The maximum Gasteiger partial charge on any atom is 0.240 e. The molecule has 1 atom stereocenters. The van der Waals surface area contributed by atoms with Crippen molar-refractivity contribution in [2.75, 3.05) is 19.0 Å². The Balaban J connectivity index is 2.11. The van der Waals surface area contributed by atoms with Crippen LogP contribution in [0.25, 0.3) is 0 Å². The molecule has 0 aliphatic rings. The third-order valence-electron chi connectivity index (χ3n) is 4.33. The van der Waals surface area contributed by atoms with Crippen LogP contribution in [0.2, 0.25) is 0 Å². The van der Waals surface area contributed by atoms with Gasteiger partial charge in [-0.1, -0.05) is 28.1 Å². The number of sulfonamides is 1. The van der Waals surface area contributed by atoms with Gasteiger partial charge in [-0.3, -0.25) is 4.79 Å². The summed E-state index contributed by atoms with van der Waals surface area (Å²) in [7, 11) is -2.14. The average Bonchev–Trinajstić information content (AvgIpc) is 2.62. The molecule has 2 aromatic carbocycles. The zero-order chi connectivity index (χ0) is 20.9. The number of amides is 1. The van der Waals surface area contributed by atoms with E-state index in [1.807, 2.05) is 38.1 Å². The number of rotatable bonds is 8. The number of ether oxygens (including phenoxy) is 1. The fourth-order valence-corrected chi connectivity index (χ4v) is 4.11. The van der Waals surface area contributed by atoms with E-state index in [-0.39, 0.29) is 23.5 Å². The molecule has 2 rings (SSSR count). The van der Waals surface area contributed by atoms with Gasteiger partial charge in [0.15, 0.2) is 0 Å². The molecule has 1 unspecified atom stereocenters. The lowest BCUT2D eigenvalue weighted by atomic mass is 9.83. The van der Waals surface area contributed by atoms with E-state index in [0.717, 1.165) is 10.0 Å². The Labute approximate surface area is 174 Å². The van der Waals surface area contributed by atoms with Crippen molar-refractivity contribution in [3.05, 3.63) is 58.6 Å². The summed E-state index contributed by atoms with van der Waals surface area (Å²) >= 11 is 3.39. The Hall–Kier alpha value is -1.74. The second-order valence-corrected chi connectivity index (χ2v) is 9.72. The van der Waals surface area contributed by atoms with Gasteiger partial charge < -0.3 is 10.1 Å². The largest absolute Gasteiger partial charge is 0.383 e. The van der Waals surface area contributed by atoms with Crippen molar-refractivity contribution in [1.29, 1.82) is 0 Å². The summed E-state index contributed by atoms with van der Waals surface area (Å²) in [4.78, 5) is 12.9. The van der Waals surface area contributed by atoms with Gasteiger partial charge in [0.25, 0.3) is 0 Å². The second kappa shape index (κ2) is 9.17. The third-order valence-corrected chi connectivity index (χ3v) is 6.46. The van der Waals surface area contributed by atoms with E-state index in [1.165, 1.54) is 19.2 Å². The number of nitrogens with one attached hydrogen (secondary N) is 2. The quantitative estimate of drug-likeness (QED) is 0.618. The van der Waals surface area contributed by atoms with E-state index in [2.05, 4.69) is 26.0 Å². The van der Waals surface area contributed by atoms with Crippen molar-refractivity contribution in [1.82, 2.24) is 4.72 Å². The van der Waals surface area contributed by atoms with Crippen molar-refractivity contribution < 1.29 is 17.9 Å². The van der Waals surface area contributed by atoms with Gasteiger partial charge >= 0.3 is 0 Å². The maximum absolute atomic E-state index is 12.8. The summed E-state index contributed by atoms with van der Waals surface area (Å²) in [6.07, 6.45) is 0. The van der Waals surface area contributed by atoms with Crippen molar-refractivity contribution in [2.24, 2.45) is 0 Å². The van der Waals surface area contributed by atoms with E-state index in [1.54, 1.807) is 19.1 Å². The highest BCUT2D eigenvalue weighted by Gasteiger charge is 2.30. The van der Waals surface area contributed by atoms with Crippen LogP contribution in [0.3, 0.4) is 0 Å². The van der Waals surface area contributed by atoms with Gasteiger partial charge in [0.2, 0.25) is 15.9 Å². The monoisotopic (exact) mass is 468 g/mol. The molecule has 2 aromatic rings. The lowest BCUT2D eigenvalue weighted by Crippen LogP contribution is -2.35. The highest BCUT2D eigenvalue weighted by molar-refractivity contribution is 9.10. The van der Waals surface area contributed by atoms with Gasteiger partial charge in [0, 0.05) is 23.3 Å². The molecule has 28 heavy (non-hydrogen) atoms. The van der Waals surface area contributed by atoms with Gasteiger partial charge in [-0.05, 0) is 62.7 Å². The fraction of sp³-hybridized carbons (Fsp3) is 0.350. The highest BCUT2D eigenvalue weighted by atomic mass is 79.9. The second-order valence-electron chi connectivity index (χ2n) is 7.09. The number of anilines is 1. The Morgan fingerprint density at radius 3 is 2.21 bits per heavy atom. The van der Waals surface area contributed by atoms with Crippen LogP contribution in [-0.2, 0) is 25.0 Å². The van der Waals surface area contributed by atoms with Gasteiger partial charge in [0.05, 0.1) is 16.9 Å². The molecule has 6 nitrogen and oxygen atoms in total. The summed E-state index contributed by atoms with van der Waals surface area (Å²) in [5.41, 5.74) is 0.658. The molecule has 1 amide bonds. The topological polar surface area (TPSA) is 84.5 Å². The molecule has 8 heteroatoms. The van der Waals surface area contributed by atoms with E-state index >= 15 is 0 Å². The maximum atomic E-state index is 12.8. The molecular formula is C20H25BrN2O4S. The van der Waals surface area contributed by atoms with Crippen molar-refractivity contribution in [3.8, 4) is 0 Å². The Bertz CT molecular complexity index is 910. The number of benzene rings is 2. The van der Waals surface area contributed by atoms with E-state index < -0.39 is 15.4 Å². The van der Waals surface area contributed by atoms with Crippen molar-refractivity contribution >= 4 is 37.5 Å². The molecule has 0 aliphatic heterocycles. The zero-order valence-electron chi connectivity index (χ0n) is 16.3. The summed E-state index contributed by atoms with van der Waals surface area (Å²) < 4.78 is 33.2. The summed E-state index contributed by atoms with van der Waals surface area (Å²) in [5.74, 6) is -0.183. The summed E-state index contributed by atoms with van der Waals surface area (Å²) in [6, 6.07) is 13.3. The molecule has 0 bridgehead atoms. The lowest BCUT2D eigenvalue weighted by molar-refractivity contribution is -0.120. The number of carbonyl (C=O) groups excluding carboxylic acids is 1. The van der Waals surface area contributed by atoms with Crippen LogP contribution in [0.1, 0.15) is 26.3 Å². The van der Waals surface area contributed by atoms with Crippen LogP contribution in [0.5, 0.6) is 0 Å². The molecule has 0 spiro atoms. The molecule has 0 aromatic heterocycles. The number of carbonyl (C=O) groups is 1. The minimum atomic E-state index is -3.65. The average molecular weight is 469 g/mol. The highest BCUT2D eigenvalue weighted by Crippen LogP contribution is 2.27. The summed E-state index contributed by atoms with van der Waals surface area (Å²) in [6.45, 7) is 5.68. The van der Waals surface area contributed by atoms with E-state index in [0.29, 0.717) is 5.69 Å². The Morgan fingerprint density at radius 2 is 1.68 bits per heavy atom. The first kappa shape index (κ1) is 22.5. The van der Waals surface area contributed by atoms with Crippen LogP contribution in [0.4, 0.5) is 5.69 Å². The molecule has 0 heterocycles. The molecule has 0 radical (unpaired) electrons. The molecule has 152 valence electrons. The van der Waals surface area contributed by atoms with Crippen LogP contribution in [0, 0.1) is 0 Å². The predicted octanol–water partition coefficient (Wildman–Crippen LogP) is 3.68.